The van der Waals surface area contributed by atoms with Gasteiger partial charge in [0.05, 0.1) is 12.2 Å². The highest BCUT2D eigenvalue weighted by atomic mass is 16.4. The molecular weight excluding hydrogens is 206 g/mol. The molecule has 2 unspecified atom stereocenters. The van der Waals surface area contributed by atoms with Crippen molar-refractivity contribution in [1.29, 1.82) is 0 Å². The fraction of sp³-hybridized carbons (Fsp3) is 1.00. The SMILES string of the molecule is OC1CN(CC2CCCCC2)CC(O)C1O. The Morgan fingerprint density at radius 1 is 0.875 bits per heavy atom. The van der Waals surface area contributed by atoms with Crippen LogP contribution < -0.4 is 0 Å². The Labute approximate surface area is 96.9 Å². The molecule has 0 bridgehead atoms. The van der Waals surface area contributed by atoms with E-state index in [1.54, 1.807) is 0 Å². The second kappa shape index (κ2) is 5.45. The number of hydrogen-bond donors (Lipinski definition) is 3. The van der Waals surface area contributed by atoms with Gasteiger partial charge in [-0.25, -0.2) is 0 Å². The Morgan fingerprint density at radius 2 is 1.44 bits per heavy atom. The number of nitrogens with zero attached hydrogens (tertiary/aromatic N) is 1. The lowest BCUT2D eigenvalue weighted by molar-refractivity contribution is -0.112. The molecule has 1 saturated carbocycles. The average molecular weight is 229 g/mol. The number of piperidine rings is 1. The number of likely N-dealkylation sites (tertiary alicyclic amines) is 1. The Balaban J connectivity index is 1.81. The van der Waals surface area contributed by atoms with Crippen molar-refractivity contribution < 1.29 is 15.3 Å². The van der Waals surface area contributed by atoms with Gasteiger partial charge in [0.25, 0.3) is 0 Å². The first-order chi connectivity index (χ1) is 7.66. The minimum atomic E-state index is -0.970. The van der Waals surface area contributed by atoms with Gasteiger partial charge in [0.1, 0.15) is 6.10 Å². The fourth-order valence-electron chi connectivity index (χ4n) is 2.96. The van der Waals surface area contributed by atoms with Crippen molar-refractivity contribution in [3.05, 3.63) is 0 Å². The van der Waals surface area contributed by atoms with Crippen molar-refractivity contribution in [1.82, 2.24) is 4.90 Å². The summed E-state index contributed by atoms with van der Waals surface area (Å²) >= 11 is 0. The minimum Gasteiger partial charge on any atom is -0.389 e. The third-order valence-electron chi connectivity index (χ3n) is 3.92. The van der Waals surface area contributed by atoms with E-state index in [0.29, 0.717) is 19.0 Å². The van der Waals surface area contributed by atoms with Gasteiger partial charge in [0, 0.05) is 19.6 Å². The van der Waals surface area contributed by atoms with Gasteiger partial charge in [0.2, 0.25) is 0 Å². The van der Waals surface area contributed by atoms with Crippen LogP contribution in [0.25, 0.3) is 0 Å². The summed E-state index contributed by atoms with van der Waals surface area (Å²) in [5.74, 6) is 0.711. The smallest absolute Gasteiger partial charge is 0.108 e. The quantitative estimate of drug-likeness (QED) is 0.622. The molecule has 1 heterocycles. The molecule has 94 valence electrons. The van der Waals surface area contributed by atoms with Crippen LogP contribution in [0.2, 0.25) is 0 Å². The van der Waals surface area contributed by atoms with Gasteiger partial charge in [-0.15, -0.1) is 0 Å². The van der Waals surface area contributed by atoms with Crippen LogP contribution in [-0.4, -0.2) is 58.2 Å². The molecule has 0 aromatic rings. The van der Waals surface area contributed by atoms with Gasteiger partial charge in [-0.3, -0.25) is 4.90 Å². The molecule has 4 nitrogen and oxygen atoms in total. The lowest BCUT2D eigenvalue weighted by atomic mass is 9.88. The van der Waals surface area contributed by atoms with Crippen LogP contribution in [0.3, 0.4) is 0 Å². The van der Waals surface area contributed by atoms with Gasteiger partial charge in [-0.2, -0.15) is 0 Å². The molecule has 0 amide bonds. The van der Waals surface area contributed by atoms with Crippen molar-refractivity contribution in [3.8, 4) is 0 Å². The Morgan fingerprint density at radius 3 is 2.00 bits per heavy atom. The number of hydrogen-bond acceptors (Lipinski definition) is 4. The van der Waals surface area contributed by atoms with Crippen LogP contribution in [-0.2, 0) is 0 Å². The van der Waals surface area contributed by atoms with E-state index < -0.39 is 18.3 Å². The maximum absolute atomic E-state index is 9.60. The summed E-state index contributed by atoms with van der Waals surface area (Å²) in [5.41, 5.74) is 0. The van der Waals surface area contributed by atoms with Crippen molar-refractivity contribution in [3.63, 3.8) is 0 Å². The minimum absolute atomic E-state index is 0.495. The normalized spacial score (nSPS) is 38.8. The van der Waals surface area contributed by atoms with Crippen LogP contribution in [0.4, 0.5) is 0 Å². The molecule has 2 fully saturated rings. The maximum atomic E-state index is 9.60. The molecule has 4 heteroatoms. The van der Waals surface area contributed by atoms with Crippen LogP contribution in [0, 0.1) is 5.92 Å². The Bertz CT molecular complexity index is 206. The highest BCUT2D eigenvalue weighted by Crippen LogP contribution is 2.25. The zero-order valence-electron chi connectivity index (χ0n) is 9.76. The van der Waals surface area contributed by atoms with E-state index in [0.717, 1.165) is 6.54 Å². The lowest BCUT2D eigenvalue weighted by Gasteiger charge is -2.39. The van der Waals surface area contributed by atoms with E-state index in [2.05, 4.69) is 4.90 Å². The zero-order chi connectivity index (χ0) is 11.5. The van der Waals surface area contributed by atoms with Gasteiger partial charge in [-0.1, -0.05) is 19.3 Å². The summed E-state index contributed by atoms with van der Waals surface area (Å²) in [6.45, 7) is 1.95. The number of β-amino-alcohol motifs (C(OH)–C–C–N with tert-alkyl or cyclic N) is 2. The van der Waals surface area contributed by atoms with Crippen molar-refractivity contribution in [2.45, 2.75) is 50.4 Å². The molecule has 16 heavy (non-hydrogen) atoms. The molecule has 2 aliphatic rings. The Hall–Kier alpha value is -0.160. The first-order valence-corrected chi connectivity index (χ1v) is 6.43. The average Bonchev–Trinajstić information content (AvgIpc) is 2.27. The molecule has 0 aromatic carbocycles. The monoisotopic (exact) mass is 229 g/mol. The van der Waals surface area contributed by atoms with Crippen molar-refractivity contribution >= 4 is 0 Å². The number of aliphatic hydroxyl groups excluding tert-OH is 3. The number of rotatable bonds is 2. The summed E-state index contributed by atoms with van der Waals surface area (Å²) in [6.07, 6.45) is 3.94. The largest absolute Gasteiger partial charge is 0.389 e. The standard InChI is InChI=1S/C12H23NO3/c14-10-7-13(8-11(15)12(10)16)6-9-4-2-1-3-5-9/h9-12,14-16H,1-8H2. The van der Waals surface area contributed by atoms with E-state index in [-0.39, 0.29) is 0 Å². The highest BCUT2D eigenvalue weighted by molar-refractivity contribution is 4.87. The maximum Gasteiger partial charge on any atom is 0.108 e. The summed E-state index contributed by atoms with van der Waals surface area (Å²) in [6, 6.07) is 0. The lowest BCUT2D eigenvalue weighted by Crippen LogP contribution is -2.56. The molecule has 0 spiro atoms. The third-order valence-corrected chi connectivity index (χ3v) is 3.92. The van der Waals surface area contributed by atoms with Crippen LogP contribution in [0.1, 0.15) is 32.1 Å². The van der Waals surface area contributed by atoms with Crippen LogP contribution in [0.5, 0.6) is 0 Å². The third kappa shape index (κ3) is 2.94. The fourth-order valence-corrected chi connectivity index (χ4v) is 2.96. The van der Waals surface area contributed by atoms with E-state index in [1.165, 1.54) is 32.1 Å². The first-order valence-electron chi connectivity index (χ1n) is 6.43. The van der Waals surface area contributed by atoms with Gasteiger partial charge < -0.3 is 15.3 Å². The zero-order valence-corrected chi connectivity index (χ0v) is 9.76. The van der Waals surface area contributed by atoms with Crippen LogP contribution >= 0.6 is 0 Å². The van der Waals surface area contributed by atoms with Gasteiger partial charge in [-0.05, 0) is 18.8 Å². The summed E-state index contributed by atoms with van der Waals surface area (Å²) < 4.78 is 0. The molecule has 1 aliphatic heterocycles. The van der Waals surface area contributed by atoms with Crippen molar-refractivity contribution in [2.24, 2.45) is 5.92 Å². The Kier molecular flexibility index (Phi) is 4.19. The van der Waals surface area contributed by atoms with Gasteiger partial charge >= 0.3 is 0 Å². The summed E-state index contributed by atoms with van der Waals surface area (Å²) in [5, 5.41) is 28.6. The molecule has 2 atom stereocenters. The first kappa shape index (κ1) is 12.3. The molecule has 1 aliphatic carbocycles. The van der Waals surface area contributed by atoms with E-state index in [1.807, 2.05) is 0 Å². The highest BCUT2D eigenvalue weighted by Gasteiger charge is 2.34. The summed E-state index contributed by atoms with van der Waals surface area (Å²) in [7, 11) is 0. The van der Waals surface area contributed by atoms with E-state index >= 15 is 0 Å². The molecule has 3 N–H and O–H groups in total. The number of aliphatic hydroxyl groups is 3. The predicted octanol–water partition coefficient (Wildman–Crippen LogP) is -0.0350. The molecule has 0 radical (unpaired) electrons. The van der Waals surface area contributed by atoms with Crippen molar-refractivity contribution in [2.75, 3.05) is 19.6 Å². The molecule has 2 rings (SSSR count). The second-order valence-corrected chi connectivity index (χ2v) is 5.35. The predicted molar refractivity (Wildman–Crippen MR) is 61.0 cm³/mol. The molecule has 1 saturated heterocycles. The van der Waals surface area contributed by atoms with Crippen LogP contribution in [0.15, 0.2) is 0 Å². The van der Waals surface area contributed by atoms with E-state index in [4.69, 9.17) is 0 Å². The molecular formula is C12H23NO3. The summed E-state index contributed by atoms with van der Waals surface area (Å²) in [4.78, 5) is 2.10. The molecule has 0 aromatic heterocycles. The van der Waals surface area contributed by atoms with Gasteiger partial charge in [0.15, 0.2) is 0 Å². The second-order valence-electron chi connectivity index (χ2n) is 5.35. The van der Waals surface area contributed by atoms with E-state index in [9.17, 15) is 15.3 Å². The topological polar surface area (TPSA) is 63.9 Å².